The van der Waals surface area contributed by atoms with Gasteiger partial charge in [0.05, 0.1) is 0 Å². The van der Waals surface area contributed by atoms with Crippen molar-refractivity contribution in [3.8, 4) is 0 Å². The predicted octanol–water partition coefficient (Wildman–Crippen LogP) is 5.50. The van der Waals surface area contributed by atoms with Crippen LogP contribution in [0.4, 0.5) is 13.2 Å². The van der Waals surface area contributed by atoms with Crippen molar-refractivity contribution >= 4 is 0 Å². The van der Waals surface area contributed by atoms with E-state index >= 15 is 0 Å². The van der Waals surface area contributed by atoms with Crippen LogP contribution in [0.15, 0.2) is 43.0 Å². The summed E-state index contributed by atoms with van der Waals surface area (Å²) in [7, 11) is 0. The Kier molecular flexibility index (Phi) is 4.56. The molecule has 0 fully saturated rings. The van der Waals surface area contributed by atoms with Gasteiger partial charge in [-0.05, 0) is 79.0 Å². The van der Waals surface area contributed by atoms with Crippen molar-refractivity contribution in [2.45, 2.75) is 38.0 Å². The van der Waals surface area contributed by atoms with Crippen molar-refractivity contribution in [3.05, 3.63) is 82.7 Å². The second kappa shape index (κ2) is 6.61. The highest BCUT2D eigenvalue weighted by atomic mass is 19.1. The van der Waals surface area contributed by atoms with Gasteiger partial charge in [0.2, 0.25) is 0 Å². The molecule has 0 N–H and O–H groups in total. The fraction of sp³-hybridized carbons (Fsp3) is 0.300. The average Bonchev–Trinajstić information content (AvgIpc) is 2.52. The molecule has 3 rings (SSSR count). The van der Waals surface area contributed by atoms with Gasteiger partial charge in [0, 0.05) is 5.56 Å². The van der Waals surface area contributed by atoms with Crippen LogP contribution in [0.2, 0.25) is 0 Å². The van der Waals surface area contributed by atoms with E-state index in [1.807, 2.05) is 0 Å². The van der Waals surface area contributed by atoms with Gasteiger partial charge in [0.1, 0.15) is 17.5 Å². The fourth-order valence-corrected chi connectivity index (χ4v) is 3.41. The van der Waals surface area contributed by atoms with Crippen LogP contribution in [-0.2, 0) is 19.3 Å². The lowest BCUT2D eigenvalue weighted by molar-refractivity contribution is 0.488. The number of hydrogen-bond donors (Lipinski definition) is 0. The maximum atomic E-state index is 14.4. The third kappa shape index (κ3) is 3.34. The molecular formula is C20H19F3. The smallest absolute Gasteiger partial charge is 0.129 e. The predicted molar refractivity (Wildman–Crippen MR) is 86.0 cm³/mol. The van der Waals surface area contributed by atoms with Gasteiger partial charge in [-0.25, -0.2) is 13.2 Å². The third-order valence-electron chi connectivity index (χ3n) is 4.58. The zero-order valence-corrected chi connectivity index (χ0v) is 12.9. The van der Waals surface area contributed by atoms with Gasteiger partial charge in [0.15, 0.2) is 0 Å². The molecule has 1 atom stereocenters. The van der Waals surface area contributed by atoms with E-state index < -0.39 is 11.6 Å². The topological polar surface area (TPSA) is 0 Å². The maximum absolute atomic E-state index is 14.4. The highest BCUT2D eigenvalue weighted by Crippen LogP contribution is 2.36. The van der Waals surface area contributed by atoms with Gasteiger partial charge in [-0.1, -0.05) is 12.1 Å². The van der Waals surface area contributed by atoms with Crippen molar-refractivity contribution in [3.63, 3.8) is 0 Å². The molecule has 1 unspecified atom stereocenters. The third-order valence-corrected chi connectivity index (χ3v) is 4.58. The molecule has 2 aromatic rings. The second-order valence-corrected chi connectivity index (χ2v) is 6.15. The monoisotopic (exact) mass is 316 g/mol. The molecule has 23 heavy (non-hydrogen) atoms. The van der Waals surface area contributed by atoms with Gasteiger partial charge in [0.25, 0.3) is 0 Å². The van der Waals surface area contributed by atoms with Crippen LogP contribution in [0.1, 0.15) is 41.0 Å². The van der Waals surface area contributed by atoms with Crippen LogP contribution >= 0.6 is 0 Å². The van der Waals surface area contributed by atoms with Crippen LogP contribution in [-0.4, -0.2) is 0 Å². The summed E-state index contributed by atoms with van der Waals surface area (Å²) in [5.41, 5.74) is 2.72. The minimum Gasteiger partial charge on any atom is -0.207 e. The van der Waals surface area contributed by atoms with E-state index in [-0.39, 0.29) is 17.3 Å². The number of aryl methyl sites for hydroxylation is 2. The van der Waals surface area contributed by atoms with Crippen molar-refractivity contribution in [2.24, 2.45) is 0 Å². The summed E-state index contributed by atoms with van der Waals surface area (Å²) in [6.45, 7) is 3.62. The summed E-state index contributed by atoms with van der Waals surface area (Å²) in [5, 5.41) is 0. The Balaban J connectivity index is 1.89. The molecule has 3 heteroatoms. The Hall–Kier alpha value is -2.03. The van der Waals surface area contributed by atoms with E-state index in [4.69, 9.17) is 0 Å². The molecule has 120 valence electrons. The van der Waals surface area contributed by atoms with E-state index in [0.29, 0.717) is 31.2 Å². The minimum absolute atomic E-state index is 0.141. The number of fused-ring (bicyclic) bond motifs is 1. The lowest BCUT2D eigenvalue weighted by Gasteiger charge is -2.26. The van der Waals surface area contributed by atoms with E-state index in [0.717, 1.165) is 17.5 Å². The first-order valence-corrected chi connectivity index (χ1v) is 7.94. The van der Waals surface area contributed by atoms with E-state index in [1.54, 1.807) is 12.1 Å². The number of rotatable bonds is 4. The highest BCUT2D eigenvalue weighted by molar-refractivity contribution is 5.36. The Labute approximate surface area is 134 Å². The largest absolute Gasteiger partial charge is 0.207 e. The molecule has 0 radical (unpaired) electrons. The molecule has 0 heterocycles. The lowest BCUT2D eigenvalue weighted by atomic mass is 9.79. The van der Waals surface area contributed by atoms with Gasteiger partial charge in [-0.15, -0.1) is 6.58 Å². The highest BCUT2D eigenvalue weighted by Gasteiger charge is 2.26. The molecule has 0 amide bonds. The van der Waals surface area contributed by atoms with Crippen molar-refractivity contribution in [2.75, 3.05) is 0 Å². The van der Waals surface area contributed by atoms with Gasteiger partial charge >= 0.3 is 0 Å². The van der Waals surface area contributed by atoms with Crippen LogP contribution in [0, 0.1) is 17.5 Å². The lowest BCUT2D eigenvalue weighted by Crippen LogP contribution is -2.16. The number of hydrogen-bond acceptors (Lipinski definition) is 0. The van der Waals surface area contributed by atoms with Crippen molar-refractivity contribution in [1.82, 2.24) is 0 Å². The molecule has 1 aliphatic carbocycles. The van der Waals surface area contributed by atoms with E-state index in [1.165, 1.54) is 24.3 Å². The van der Waals surface area contributed by atoms with Crippen molar-refractivity contribution < 1.29 is 13.2 Å². The average molecular weight is 316 g/mol. The number of benzene rings is 2. The minimum atomic E-state index is -0.492. The second-order valence-electron chi connectivity index (χ2n) is 6.15. The molecule has 0 aliphatic heterocycles. The van der Waals surface area contributed by atoms with Gasteiger partial charge in [-0.3, -0.25) is 0 Å². The first kappa shape index (κ1) is 15.9. The molecule has 0 saturated carbocycles. The Morgan fingerprint density at radius 1 is 1.04 bits per heavy atom. The summed E-state index contributed by atoms with van der Waals surface area (Å²) >= 11 is 0. The fourth-order valence-electron chi connectivity index (χ4n) is 3.41. The first-order valence-electron chi connectivity index (χ1n) is 7.94. The Bertz CT molecular complexity index is 711. The van der Waals surface area contributed by atoms with Gasteiger partial charge in [-0.2, -0.15) is 0 Å². The normalized spacial score (nSPS) is 16.9. The van der Waals surface area contributed by atoms with E-state index in [9.17, 15) is 13.2 Å². The number of allylic oxidation sites excluding steroid dienone is 1. The SMILES string of the molecule is C=CCCc1cc(F)c(C2CCc3ccc(F)cc3C2)c(F)c1. The number of halogens is 3. The van der Waals surface area contributed by atoms with Crippen LogP contribution in [0.25, 0.3) is 0 Å². The summed E-state index contributed by atoms with van der Waals surface area (Å²) in [6.07, 6.45) is 4.88. The molecule has 0 saturated heterocycles. The molecule has 0 bridgehead atoms. The maximum Gasteiger partial charge on any atom is 0.129 e. The van der Waals surface area contributed by atoms with Crippen LogP contribution in [0.3, 0.4) is 0 Å². The Morgan fingerprint density at radius 3 is 2.48 bits per heavy atom. The first-order chi connectivity index (χ1) is 11.1. The summed E-state index contributed by atoms with van der Waals surface area (Å²) < 4.78 is 42.3. The van der Waals surface area contributed by atoms with Crippen LogP contribution in [0.5, 0.6) is 0 Å². The van der Waals surface area contributed by atoms with Crippen LogP contribution < -0.4 is 0 Å². The standard InChI is InChI=1S/C20H19F3/c1-2-3-4-13-9-18(22)20(19(23)10-13)15-6-5-14-7-8-17(21)12-16(14)11-15/h2,7-10,12,15H,1,3-6,11H2. The zero-order valence-electron chi connectivity index (χ0n) is 12.9. The van der Waals surface area contributed by atoms with Gasteiger partial charge < -0.3 is 0 Å². The Morgan fingerprint density at radius 2 is 1.78 bits per heavy atom. The van der Waals surface area contributed by atoms with Crippen molar-refractivity contribution in [1.29, 1.82) is 0 Å². The molecule has 0 aromatic heterocycles. The molecule has 0 spiro atoms. The van der Waals surface area contributed by atoms with E-state index in [2.05, 4.69) is 6.58 Å². The summed E-state index contributed by atoms with van der Waals surface area (Å²) in [6, 6.07) is 7.53. The molecule has 2 aromatic carbocycles. The molecule has 1 aliphatic rings. The zero-order chi connectivity index (χ0) is 16.4. The summed E-state index contributed by atoms with van der Waals surface area (Å²) in [4.78, 5) is 0. The molecular weight excluding hydrogens is 297 g/mol. The molecule has 0 nitrogen and oxygen atoms in total. The quantitative estimate of drug-likeness (QED) is 0.654. The summed E-state index contributed by atoms with van der Waals surface area (Å²) in [5.74, 6) is -1.52.